The summed E-state index contributed by atoms with van der Waals surface area (Å²) in [5.41, 5.74) is 1.77. The zero-order valence-corrected chi connectivity index (χ0v) is 11.1. The maximum atomic E-state index is 10.9. The lowest BCUT2D eigenvalue weighted by Crippen LogP contribution is -2.02. The first-order valence-corrected chi connectivity index (χ1v) is 6.59. The molecular formula is C11H9BrN2O2S. The Kier molecular flexibility index (Phi) is 3.75. The molecule has 0 amide bonds. The minimum atomic E-state index is -0.364. The number of nitrogens with one attached hydrogen (secondary N) is 1. The number of nitro benzene ring substituents is 1. The van der Waals surface area contributed by atoms with Gasteiger partial charge in [0.2, 0.25) is 0 Å². The van der Waals surface area contributed by atoms with E-state index in [1.54, 1.807) is 23.5 Å². The number of nitrogens with zero attached hydrogens (tertiary/aromatic N) is 1. The molecular weight excluding hydrogens is 304 g/mol. The van der Waals surface area contributed by atoms with Crippen LogP contribution < -0.4 is 5.32 Å². The van der Waals surface area contributed by atoms with E-state index in [2.05, 4.69) is 21.2 Å². The van der Waals surface area contributed by atoms with Gasteiger partial charge in [0.15, 0.2) is 0 Å². The van der Waals surface area contributed by atoms with Crippen molar-refractivity contribution in [2.45, 2.75) is 6.54 Å². The standard InChI is InChI=1S/C11H9BrN2O2S/c12-9-1-2-11(14(15)16)8(5-9)6-13-10-3-4-17-7-10/h1-5,7,13H,6H2. The highest BCUT2D eigenvalue weighted by atomic mass is 79.9. The summed E-state index contributed by atoms with van der Waals surface area (Å²) in [5, 5.41) is 17.9. The van der Waals surface area contributed by atoms with Gasteiger partial charge in [-0.1, -0.05) is 15.9 Å². The molecule has 2 rings (SSSR count). The van der Waals surface area contributed by atoms with Crippen molar-refractivity contribution >= 4 is 38.6 Å². The predicted molar refractivity (Wildman–Crippen MR) is 72.4 cm³/mol. The van der Waals surface area contributed by atoms with Crippen molar-refractivity contribution in [2.75, 3.05) is 5.32 Å². The van der Waals surface area contributed by atoms with E-state index in [9.17, 15) is 10.1 Å². The van der Waals surface area contributed by atoms with Gasteiger partial charge in [0, 0.05) is 33.7 Å². The number of halogens is 1. The van der Waals surface area contributed by atoms with Gasteiger partial charge in [-0.15, -0.1) is 0 Å². The van der Waals surface area contributed by atoms with Gasteiger partial charge in [0.1, 0.15) is 0 Å². The van der Waals surface area contributed by atoms with Crippen LogP contribution in [0.1, 0.15) is 5.56 Å². The smallest absolute Gasteiger partial charge is 0.274 e. The highest BCUT2D eigenvalue weighted by molar-refractivity contribution is 9.10. The normalized spacial score (nSPS) is 10.2. The highest BCUT2D eigenvalue weighted by Gasteiger charge is 2.13. The van der Waals surface area contributed by atoms with Gasteiger partial charge >= 0.3 is 0 Å². The number of hydrogen-bond acceptors (Lipinski definition) is 4. The van der Waals surface area contributed by atoms with Crippen LogP contribution in [0.15, 0.2) is 39.5 Å². The van der Waals surface area contributed by atoms with E-state index in [1.165, 1.54) is 6.07 Å². The van der Waals surface area contributed by atoms with Crippen LogP contribution in [0.2, 0.25) is 0 Å². The van der Waals surface area contributed by atoms with E-state index >= 15 is 0 Å². The van der Waals surface area contributed by atoms with Gasteiger partial charge in [-0.25, -0.2) is 0 Å². The number of benzene rings is 1. The first-order valence-electron chi connectivity index (χ1n) is 4.85. The summed E-state index contributed by atoms with van der Waals surface area (Å²) in [6, 6.07) is 6.88. The summed E-state index contributed by atoms with van der Waals surface area (Å²) >= 11 is 4.90. The lowest BCUT2D eigenvalue weighted by atomic mass is 10.2. The van der Waals surface area contributed by atoms with E-state index in [4.69, 9.17) is 0 Å². The second kappa shape index (κ2) is 5.29. The monoisotopic (exact) mass is 312 g/mol. The first kappa shape index (κ1) is 12.1. The van der Waals surface area contributed by atoms with Gasteiger partial charge in [-0.3, -0.25) is 10.1 Å². The molecule has 0 aliphatic heterocycles. The molecule has 1 N–H and O–H groups in total. The van der Waals surface area contributed by atoms with Crippen LogP contribution in [-0.2, 0) is 6.54 Å². The molecule has 2 aromatic rings. The molecule has 1 aromatic carbocycles. The fourth-order valence-corrected chi connectivity index (χ4v) is 2.46. The Morgan fingerprint density at radius 2 is 2.24 bits per heavy atom. The molecule has 1 heterocycles. The van der Waals surface area contributed by atoms with E-state index in [0.29, 0.717) is 12.1 Å². The van der Waals surface area contributed by atoms with E-state index in [1.807, 2.05) is 16.8 Å². The summed E-state index contributed by atoms with van der Waals surface area (Å²) in [6.45, 7) is 0.437. The third-order valence-electron chi connectivity index (χ3n) is 2.24. The number of thiophene rings is 1. The lowest BCUT2D eigenvalue weighted by Gasteiger charge is -2.05. The Morgan fingerprint density at radius 1 is 1.41 bits per heavy atom. The Morgan fingerprint density at radius 3 is 2.88 bits per heavy atom. The second-order valence-corrected chi connectivity index (χ2v) is 5.09. The van der Waals surface area contributed by atoms with Crippen LogP contribution in [0.3, 0.4) is 0 Å². The Balaban J connectivity index is 2.19. The molecule has 0 radical (unpaired) electrons. The first-order chi connectivity index (χ1) is 8.16. The van der Waals surface area contributed by atoms with Crippen LogP contribution in [0.5, 0.6) is 0 Å². The van der Waals surface area contributed by atoms with Crippen LogP contribution in [0.25, 0.3) is 0 Å². The third kappa shape index (κ3) is 3.04. The van der Waals surface area contributed by atoms with Gasteiger partial charge in [-0.2, -0.15) is 11.3 Å². The fourth-order valence-electron chi connectivity index (χ4n) is 1.44. The zero-order chi connectivity index (χ0) is 12.3. The molecule has 0 unspecified atom stereocenters. The van der Waals surface area contributed by atoms with Crippen LogP contribution >= 0.6 is 27.3 Å². The molecule has 0 saturated heterocycles. The van der Waals surface area contributed by atoms with Crippen molar-refractivity contribution in [3.8, 4) is 0 Å². The third-order valence-corrected chi connectivity index (χ3v) is 3.42. The molecule has 1 aromatic heterocycles. The minimum absolute atomic E-state index is 0.135. The number of hydrogen-bond donors (Lipinski definition) is 1. The Labute approximate surface area is 111 Å². The van der Waals surface area contributed by atoms with Crippen molar-refractivity contribution in [3.05, 3.63) is 55.2 Å². The summed E-state index contributed by atoms with van der Waals surface area (Å²) in [7, 11) is 0. The van der Waals surface area contributed by atoms with Crippen LogP contribution in [-0.4, -0.2) is 4.92 Å². The summed E-state index contributed by atoms with van der Waals surface area (Å²) in [6.07, 6.45) is 0. The summed E-state index contributed by atoms with van der Waals surface area (Å²) < 4.78 is 0.838. The van der Waals surface area contributed by atoms with Gasteiger partial charge in [0.25, 0.3) is 5.69 Å². The van der Waals surface area contributed by atoms with Crippen LogP contribution in [0.4, 0.5) is 11.4 Å². The largest absolute Gasteiger partial charge is 0.380 e. The van der Waals surface area contributed by atoms with Gasteiger partial charge < -0.3 is 5.32 Å². The number of rotatable bonds is 4. The molecule has 88 valence electrons. The molecule has 0 bridgehead atoms. The second-order valence-electron chi connectivity index (χ2n) is 3.40. The molecule has 0 fully saturated rings. The van der Waals surface area contributed by atoms with Crippen molar-refractivity contribution in [1.82, 2.24) is 0 Å². The van der Waals surface area contributed by atoms with Crippen molar-refractivity contribution in [2.24, 2.45) is 0 Å². The molecule has 0 atom stereocenters. The summed E-state index contributed by atoms with van der Waals surface area (Å²) in [4.78, 5) is 10.5. The zero-order valence-electron chi connectivity index (χ0n) is 8.72. The molecule has 0 aliphatic rings. The molecule has 0 spiro atoms. The molecule has 4 nitrogen and oxygen atoms in total. The van der Waals surface area contributed by atoms with Crippen molar-refractivity contribution in [3.63, 3.8) is 0 Å². The maximum Gasteiger partial charge on any atom is 0.274 e. The average molecular weight is 313 g/mol. The Hall–Kier alpha value is -1.40. The average Bonchev–Trinajstić information content (AvgIpc) is 2.78. The molecule has 17 heavy (non-hydrogen) atoms. The fraction of sp³-hybridized carbons (Fsp3) is 0.0909. The SMILES string of the molecule is O=[N+]([O-])c1ccc(Br)cc1CNc1ccsc1. The number of anilines is 1. The Bertz CT molecular complexity index is 528. The topological polar surface area (TPSA) is 55.2 Å². The number of nitro groups is 1. The quantitative estimate of drug-likeness (QED) is 0.685. The van der Waals surface area contributed by atoms with E-state index < -0.39 is 0 Å². The van der Waals surface area contributed by atoms with E-state index in [-0.39, 0.29) is 10.6 Å². The molecule has 6 heteroatoms. The van der Waals surface area contributed by atoms with Crippen molar-refractivity contribution < 1.29 is 4.92 Å². The predicted octanol–water partition coefficient (Wildman–Crippen LogP) is 4.03. The highest BCUT2D eigenvalue weighted by Crippen LogP contribution is 2.24. The van der Waals surface area contributed by atoms with Gasteiger partial charge in [-0.05, 0) is 23.6 Å². The molecule has 0 aliphatic carbocycles. The summed E-state index contributed by atoms with van der Waals surface area (Å²) in [5.74, 6) is 0. The minimum Gasteiger partial charge on any atom is -0.380 e. The van der Waals surface area contributed by atoms with E-state index in [0.717, 1.165) is 10.2 Å². The van der Waals surface area contributed by atoms with Gasteiger partial charge in [0.05, 0.1) is 4.92 Å². The lowest BCUT2D eigenvalue weighted by molar-refractivity contribution is -0.385. The maximum absolute atomic E-state index is 10.9. The van der Waals surface area contributed by atoms with Crippen LogP contribution in [0, 0.1) is 10.1 Å². The van der Waals surface area contributed by atoms with Crippen molar-refractivity contribution in [1.29, 1.82) is 0 Å². The molecule has 0 saturated carbocycles.